The Hall–Kier alpha value is -3.77. The van der Waals surface area contributed by atoms with Crippen molar-refractivity contribution in [2.24, 2.45) is 0 Å². The van der Waals surface area contributed by atoms with E-state index >= 15 is 0 Å². The molecule has 0 spiro atoms. The Morgan fingerprint density at radius 1 is 0.771 bits per heavy atom. The molecule has 0 aliphatic rings. The third-order valence-electron chi connectivity index (χ3n) is 5.33. The second kappa shape index (κ2) is 13.2. The maximum atomic E-state index is 10.8. The predicted octanol–water partition coefficient (Wildman–Crippen LogP) is 5.82. The smallest absolute Gasteiger partial charge is 0.302 e. The Labute approximate surface area is 206 Å². The zero-order valence-electron chi connectivity index (χ0n) is 20.2. The van der Waals surface area contributed by atoms with Gasteiger partial charge in [0.1, 0.15) is 30.5 Å². The first-order valence-corrected chi connectivity index (χ1v) is 11.7. The largest absolute Gasteiger partial charge is 0.508 e. The highest BCUT2D eigenvalue weighted by Crippen LogP contribution is 2.37. The van der Waals surface area contributed by atoms with Gasteiger partial charge in [0, 0.05) is 6.92 Å². The number of aromatic hydroxyl groups is 2. The van der Waals surface area contributed by atoms with Gasteiger partial charge in [-0.1, -0.05) is 49.7 Å². The van der Waals surface area contributed by atoms with E-state index in [0.29, 0.717) is 19.8 Å². The molecule has 0 heterocycles. The summed E-state index contributed by atoms with van der Waals surface area (Å²) < 4.78 is 16.2. The number of ether oxygens (including phenoxy) is 3. The van der Waals surface area contributed by atoms with Gasteiger partial charge in [0.15, 0.2) is 0 Å². The van der Waals surface area contributed by atoms with Crippen molar-refractivity contribution in [3.05, 3.63) is 89.5 Å². The van der Waals surface area contributed by atoms with Crippen LogP contribution in [-0.4, -0.2) is 42.6 Å². The number of allylic oxidation sites excluding steroid dienone is 1. The summed E-state index contributed by atoms with van der Waals surface area (Å²) in [5, 5.41) is 19.6. The van der Waals surface area contributed by atoms with Gasteiger partial charge in [-0.25, -0.2) is 0 Å². The standard InChI is InChI=1S/C29H32O6/c1-3-5-28(24-6-4-7-27(20-24)35-19-17-33-16-18-34-21(2)30)29(22-8-12-25(31)13-9-22)23-10-14-26(32)15-11-23/h4,6-15,20,31-32H,3,5,16-19H2,1-2H3. The van der Waals surface area contributed by atoms with Crippen molar-refractivity contribution in [1.82, 2.24) is 0 Å². The number of rotatable bonds is 12. The first-order chi connectivity index (χ1) is 17.0. The van der Waals surface area contributed by atoms with Crippen LogP contribution in [0, 0.1) is 0 Å². The average molecular weight is 477 g/mol. The van der Waals surface area contributed by atoms with E-state index < -0.39 is 0 Å². The zero-order chi connectivity index (χ0) is 25.0. The van der Waals surface area contributed by atoms with Crippen LogP contribution in [0.25, 0.3) is 11.1 Å². The first kappa shape index (κ1) is 25.8. The molecule has 0 saturated heterocycles. The molecule has 0 bridgehead atoms. The van der Waals surface area contributed by atoms with E-state index in [2.05, 4.69) is 13.0 Å². The summed E-state index contributed by atoms with van der Waals surface area (Å²) in [6, 6.07) is 22.3. The van der Waals surface area contributed by atoms with Crippen LogP contribution in [-0.2, 0) is 14.3 Å². The van der Waals surface area contributed by atoms with Crippen molar-refractivity contribution in [3.63, 3.8) is 0 Å². The molecule has 35 heavy (non-hydrogen) atoms. The third-order valence-corrected chi connectivity index (χ3v) is 5.33. The fraction of sp³-hybridized carbons (Fsp3) is 0.276. The van der Waals surface area contributed by atoms with E-state index in [0.717, 1.165) is 46.4 Å². The summed E-state index contributed by atoms with van der Waals surface area (Å²) in [5.41, 5.74) is 5.18. The summed E-state index contributed by atoms with van der Waals surface area (Å²) in [5.74, 6) is 0.828. The second-order valence-corrected chi connectivity index (χ2v) is 8.03. The Bertz CT molecular complexity index is 1070. The first-order valence-electron chi connectivity index (χ1n) is 11.7. The quantitative estimate of drug-likeness (QED) is 0.195. The number of carbonyl (C=O) groups is 1. The molecule has 0 saturated carbocycles. The van der Waals surface area contributed by atoms with Crippen LogP contribution in [0.5, 0.6) is 17.2 Å². The van der Waals surface area contributed by atoms with Gasteiger partial charge >= 0.3 is 5.97 Å². The monoisotopic (exact) mass is 476 g/mol. The molecule has 6 nitrogen and oxygen atoms in total. The molecule has 3 aromatic rings. The van der Waals surface area contributed by atoms with Crippen LogP contribution in [0.4, 0.5) is 0 Å². The summed E-state index contributed by atoms with van der Waals surface area (Å²) in [4.78, 5) is 10.8. The summed E-state index contributed by atoms with van der Waals surface area (Å²) in [7, 11) is 0. The van der Waals surface area contributed by atoms with Gasteiger partial charge in [-0.05, 0) is 70.7 Å². The van der Waals surface area contributed by atoms with Crippen molar-refractivity contribution in [3.8, 4) is 17.2 Å². The van der Waals surface area contributed by atoms with E-state index in [1.165, 1.54) is 6.92 Å². The molecule has 3 aromatic carbocycles. The highest BCUT2D eigenvalue weighted by atomic mass is 16.6. The van der Waals surface area contributed by atoms with E-state index in [1.807, 2.05) is 42.5 Å². The van der Waals surface area contributed by atoms with E-state index in [4.69, 9.17) is 14.2 Å². The second-order valence-electron chi connectivity index (χ2n) is 8.03. The number of phenols is 2. The zero-order valence-corrected chi connectivity index (χ0v) is 20.2. The third kappa shape index (κ3) is 7.90. The van der Waals surface area contributed by atoms with Crippen LogP contribution in [0.2, 0.25) is 0 Å². The minimum Gasteiger partial charge on any atom is -0.508 e. The average Bonchev–Trinajstić information content (AvgIpc) is 2.85. The van der Waals surface area contributed by atoms with Crippen molar-refractivity contribution in [1.29, 1.82) is 0 Å². The molecule has 0 fully saturated rings. The maximum absolute atomic E-state index is 10.8. The highest BCUT2D eigenvalue weighted by molar-refractivity contribution is 5.98. The lowest BCUT2D eigenvalue weighted by Crippen LogP contribution is -2.12. The number of phenolic OH excluding ortho intramolecular Hbond substituents is 2. The lowest BCUT2D eigenvalue weighted by molar-refractivity contribution is -0.142. The lowest BCUT2D eigenvalue weighted by atomic mass is 9.87. The van der Waals surface area contributed by atoms with Gasteiger partial charge in [-0.2, -0.15) is 0 Å². The molecule has 184 valence electrons. The molecule has 3 rings (SSSR count). The number of esters is 1. The Morgan fingerprint density at radius 2 is 1.37 bits per heavy atom. The van der Waals surface area contributed by atoms with Gasteiger partial charge in [-0.15, -0.1) is 0 Å². The molecule has 0 radical (unpaired) electrons. The van der Waals surface area contributed by atoms with Crippen molar-refractivity contribution < 1.29 is 29.2 Å². The number of hydrogen-bond acceptors (Lipinski definition) is 6. The SMILES string of the molecule is CCCC(=C(c1ccc(O)cc1)c1ccc(O)cc1)c1cccc(OCCOCCOC(C)=O)c1. The number of hydrogen-bond donors (Lipinski definition) is 2. The minimum absolute atomic E-state index is 0.210. The predicted molar refractivity (Wildman–Crippen MR) is 136 cm³/mol. The lowest BCUT2D eigenvalue weighted by Gasteiger charge is -2.18. The molecule has 0 unspecified atom stereocenters. The van der Waals surface area contributed by atoms with Crippen molar-refractivity contribution >= 4 is 17.1 Å². The van der Waals surface area contributed by atoms with Gasteiger partial charge in [0.2, 0.25) is 0 Å². The molecular weight excluding hydrogens is 444 g/mol. The summed E-state index contributed by atoms with van der Waals surface area (Å²) in [6.07, 6.45) is 1.77. The van der Waals surface area contributed by atoms with Crippen LogP contribution in [0.15, 0.2) is 72.8 Å². The summed E-state index contributed by atoms with van der Waals surface area (Å²) in [6.45, 7) is 4.82. The molecule has 0 aliphatic carbocycles. The Balaban J connectivity index is 1.87. The Kier molecular flexibility index (Phi) is 9.75. The van der Waals surface area contributed by atoms with Gasteiger partial charge in [0.05, 0.1) is 13.2 Å². The Morgan fingerprint density at radius 3 is 1.94 bits per heavy atom. The van der Waals surface area contributed by atoms with Gasteiger partial charge in [-0.3, -0.25) is 4.79 Å². The normalized spacial score (nSPS) is 10.6. The van der Waals surface area contributed by atoms with E-state index in [-0.39, 0.29) is 24.1 Å². The molecule has 6 heteroatoms. The maximum Gasteiger partial charge on any atom is 0.302 e. The van der Waals surface area contributed by atoms with Crippen molar-refractivity contribution in [2.75, 3.05) is 26.4 Å². The van der Waals surface area contributed by atoms with Crippen molar-refractivity contribution in [2.45, 2.75) is 26.7 Å². The molecule has 2 N–H and O–H groups in total. The summed E-state index contributed by atoms with van der Waals surface area (Å²) >= 11 is 0. The van der Waals surface area contributed by atoms with Gasteiger partial charge in [0.25, 0.3) is 0 Å². The number of benzene rings is 3. The molecule has 0 aliphatic heterocycles. The molecule has 0 aromatic heterocycles. The van der Waals surface area contributed by atoms with E-state index in [1.54, 1.807) is 24.3 Å². The van der Waals surface area contributed by atoms with Crippen LogP contribution < -0.4 is 4.74 Å². The fourth-order valence-corrected chi connectivity index (χ4v) is 3.77. The fourth-order valence-electron chi connectivity index (χ4n) is 3.77. The van der Waals surface area contributed by atoms with Crippen LogP contribution in [0.1, 0.15) is 43.4 Å². The topological polar surface area (TPSA) is 85.2 Å². The van der Waals surface area contributed by atoms with Crippen LogP contribution in [0.3, 0.4) is 0 Å². The highest BCUT2D eigenvalue weighted by Gasteiger charge is 2.15. The molecule has 0 amide bonds. The minimum atomic E-state index is -0.323. The van der Waals surface area contributed by atoms with Crippen LogP contribution >= 0.6 is 0 Å². The molecular formula is C29H32O6. The molecule has 0 atom stereocenters. The van der Waals surface area contributed by atoms with E-state index in [9.17, 15) is 15.0 Å². The van der Waals surface area contributed by atoms with Gasteiger partial charge < -0.3 is 24.4 Å². The number of carbonyl (C=O) groups excluding carboxylic acids is 1.